The number of nitrogens with one attached hydrogen (secondary N) is 2. The molecule has 1 aliphatic rings. The number of hydroxylamine groups is 2. The second-order valence-corrected chi connectivity index (χ2v) is 13.1. The molecule has 25 heteroatoms. The fourth-order valence-corrected chi connectivity index (χ4v) is 5.23. The van der Waals surface area contributed by atoms with Gasteiger partial charge in [-0.25, -0.2) is 24.4 Å². The van der Waals surface area contributed by atoms with Crippen molar-refractivity contribution < 1.29 is 62.5 Å². The topological polar surface area (TPSA) is 313 Å². The molecule has 3 aromatic rings. The first kappa shape index (κ1) is 42.9. The molecule has 0 aliphatic carbocycles. The number of esters is 2. The third kappa shape index (κ3) is 11.8. The van der Waals surface area contributed by atoms with Crippen LogP contribution in [0.1, 0.15) is 30.7 Å². The highest BCUT2D eigenvalue weighted by molar-refractivity contribution is 7.14. The molecule has 1 fully saturated rings. The van der Waals surface area contributed by atoms with Gasteiger partial charge in [0.1, 0.15) is 43.5 Å². The zero-order chi connectivity index (χ0) is 41.9. The van der Waals surface area contributed by atoms with E-state index in [1.54, 1.807) is 0 Å². The van der Waals surface area contributed by atoms with Gasteiger partial charge in [0.05, 0.1) is 9.85 Å². The van der Waals surface area contributed by atoms with Crippen molar-refractivity contribution in [3.8, 4) is 0 Å². The van der Waals surface area contributed by atoms with E-state index < -0.39 is 88.1 Å². The molecule has 4 amide bonds. The summed E-state index contributed by atoms with van der Waals surface area (Å²) in [6.07, 6.45) is -1.24. The minimum absolute atomic E-state index is 0.00888. The number of carbonyl (C=O) groups excluding carboxylic acids is 6. The standard InChI is InChI=1S/C32H31ClN8O15S/c1-32(2,29(46)53-13-18-5-9-20(10-6-18)41(50)51)56-38-25(21-16-57-31(35-21)36-23(42)11-33)27(44)37-26-22(14-54-30(34)47)39(28(26)45)55-15-24(43)52-12-17-3-7-19(8-4-17)40(48)49/h3-10,16,22,26H,11-15H2,1-2H3,(H2,34,47)(H,37,44)(H,35,36,42)/b38-25+. The molecule has 2 unspecified atom stereocenters. The smallest absolute Gasteiger partial charge is 0.404 e. The quantitative estimate of drug-likeness (QED) is 0.0295. The first-order valence-corrected chi connectivity index (χ1v) is 17.5. The number of nitrogens with zero attached hydrogens (tertiary/aromatic N) is 5. The summed E-state index contributed by atoms with van der Waals surface area (Å²) in [6.45, 7) is 0.495. The van der Waals surface area contributed by atoms with Crippen LogP contribution in [-0.2, 0) is 61.1 Å². The molecule has 2 heterocycles. The number of nitro benzene ring substituents is 2. The maximum atomic E-state index is 13.7. The Hall–Kier alpha value is -6.79. The summed E-state index contributed by atoms with van der Waals surface area (Å²) in [5.41, 5.74) is 2.92. The molecule has 2 atom stereocenters. The third-order valence-electron chi connectivity index (χ3n) is 7.42. The Morgan fingerprint density at radius 3 is 2.09 bits per heavy atom. The van der Waals surface area contributed by atoms with Crippen LogP contribution in [0.15, 0.2) is 59.1 Å². The first-order valence-electron chi connectivity index (χ1n) is 16.1. The summed E-state index contributed by atoms with van der Waals surface area (Å²) in [6, 6.07) is 7.66. The van der Waals surface area contributed by atoms with Crippen LogP contribution in [0.25, 0.3) is 0 Å². The Balaban J connectivity index is 1.46. The van der Waals surface area contributed by atoms with Gasteiger partial charge in [-0.15, -0.1) is 22.9 Å². The fourth-order valence-electron chi connectivity index (χ4n) is 4.45. The molecule has 0 radical (unpaired) electrons. The van der Waals surface area contributed by atoms with Gasteiger partial charge >= 0.3 is 18.0 Å². The molecule has 0 saturated carbocycles. The Bertz CT molecular complexity index is 2060. The van der Waals surface area contributed by atoms with Crippen molar-refractivity contribution in [2.75, 3.05) is 24.4 Å². The molecular weight excluding hydrogens is 804 g/mol. The third-order valence-corrected chi connectivity index (χ3v) is 8.42. The number of non-ortho nitro benzene ring substituents is 2. The van der Waals surface area contributed by atoms with Crippen LogP contribution in [0.5, 0.6) is 0 Å². The summed E-state index contributed by atoms with van der Waals surface area (Å²) in [5.74, 6) is -4.99. The van der Waals surface area contributed by atoms with E-state index in [0.29, 0.717) is 16.2 Å². The molecule has 1 saturated heterocycles. The number of carbonyl (C=O) groups is 6. The summed E-state index contributed by atoms with van der Waals surface area (Å²) in [7, 11) is 0. The van der Waals surface area contributed by atoms with E-state index in [4.69, 9.17) is 41.2 Å². The molecule has 2 aromatic carbocycles. The lowest BCUT2D eigenvalue weighted by Crippen LogP contribution is -2.72. The van der Waals surface area contributed by atoms with Crippen molar-refractivity contribution in [3.05, 3.63) is 91.0 Å². The van der Waals surface area contributed by atoms with Gasteiger partial charge in [-0.1, -0.05) is 5.16 Å². The number of alkyl halides is 1. The van der Waals surface area contributed by atoms with Crippen LogP contribution >= 0.6 is 22.9 Å². The summed E-state index contributed by atoms with van der Waals surface area (Å²) in [5, 5.41) is 32.3. The van der Waals surface area contributed by atoms with Crippen molar-refractivity contribution in [3.63, 3.8) is 0 Å². The molecule has 4 N–H and O–H groups in total. The fraction of sp³-hybridized carbons (Fsp3) is 0.312. The maximum Gasteiger partial charge on any atom is 0.404 e. The van der Waals surface area contributed by atoms with Crippen LogP contribution in [0.2, 0.25) is 0 Å². The molecule has 1 aliphatic heterocycles. The highest BCUT2D eigenvalue weighted by Crippen LogP contribution is 2.24. The zero-order valence-electron chi connectivity index (χ0n) is 29.6. The maximum absolute atomic E-state index is 13.7. The molecule has 57 heavy (non-hydrogen) atoms. The van der Waals surface area contributed by atoms with Gasteiger partial charge in [0.15, 0.2) is 17.5 Å². The number of anilines is 1. The number of benzene rings is 2. The summed E-state index contributed by atoms with van der Waals surface area (Å²) in [4.78, 5) is 111. The number of aromatic nitrogens is 1. The number of oxime groups is 1. The Morgan fingerprint density at radius 2 is 1.54 bits per heavy atom. The average molecular weight is 835 g/mol. The number of hydrogen-bond acceptors (Lipinski definition) is 18. The van der Waals surface area contributed by atoms with Gasteiger partial charge in [-0.2, -0.15) is 0 Å². The highest BCUT2D eigenvalue weighted by Gasteiger charge is 2.51. The molecule has 0 bridgehead atoms. The number of amides is 4. The molecular formula is C32H31ClN8O15S. The van der Waals surface area contributed by atoms with E-state index in [0.717, 1.165) is 11.3 Å². The molecule has 302 valence electrons. The molecule has 4 rings (SSSR count). The second-order valence-electron chi connectivity index (χ2n) is 11.9. The molecule has 23 nitrogen and oxygen atoms in total. The van der Waals surface area contributed by atoms with Gasteiger partial charge in [0.25, 0.3) is 23.2 Å². The lowest BCUT2D eigenvalue weighted by Gasteiger charge is -2.44. The lowest BCUT2D eigenvalue weighted by molar-refractivity contribution is -0.385. The van der Waals surface area contributed by atoms with Crippen molar-refractivity contribution in [1.29, 1.82) is 0 Å². The number of primary amides is 1. The van der Waals surface area contributed by atoms with E-state index in [-0.39, 0.29) is 35.4 Å². The Labute approximate surface area is 329 Å². The van der Waals surface area contributed by atoms with Crippen LogP contribution in [0.4, 0.5) is 21.3 Å². The predicted octanol–water partition coefficient (Wildman–Crippen LogP) is 1.85. The number of ether oxygens (including phenoxy) is 3. The minimum Gasteiger partial charge on any atom is -0.459 e. The van der Waals surface area contributed by atoms with Crippen LogP contribution in [0, 0.1) is 20.2 Å². The van der Waals surface area contributed by atoms with E-state index in [1.807, 2.05) is 0 Å². The molecule has 0 spiro atoms. The number of halogens is 1. The van der Waals surface area contributed by atoms with Crippen molar-refractivity contribution in [2.24, 2.45) is 10.9 Å². The Kier molecular flexibility index (Phi) is 14.5. The van der Waals surface area contributed by atoms with Crippen molar-refractivity contribution in [1.82, 2.24) is 15.4 Å². The number of β-lactam (4-membered cyclic amide) rings is 1. The average Bonchev–Trinajstić information content (AvgIpc) is 3.63. The number of nitrogens with two attached hydrogens (primary N) is 1. The highest BCUT2D eigenvalue weighted by atomic mass is 35.5. The minimum atomic E-state index is -1.86. The van der Waals surface area contributed by atoms with Gasteiger partial charge in [0, 0.05) is 29.6 Å². The lowest BCUT2D eigenvalue weighted by atomic mass is 9.98. The van der Waals surface area contributed by atoms with E-state index in [1.165, 1.54) is 67.8 Å². The van der Waals surface area contributed by atoms with Crippen molar-refractivity contribution in [2.45, 2.75) is 44.7 Å². The number of rotatable bonds is 19. The van der Waals surface area contributed by atoms with Crippen molar-refractivity contribution >= 4 is 80.9 Å². The normalized spacial score (nSPS) is 15.1. The van der Waals surface area contributed by atoms with Crippen LogP contribution in [-0.4, -0.2) is 98.1 Å². The second kappa shape index (κ2) is 19.2. The monoisotopic (exact) mass is 834 g/mol. The van der Waals surface area contributed by atoms with Crippen LogP contribution < -0.4 is 16.4 Å². The number of nitro groups is 2. The summed E-state index contributed by atoms with van der Waals surface area (Å²) >= 11 is 6.41. The van der Waals surface area contributed by atoms with E-state index in [2.05, 4.69) is 20.8 Å². The zero-order valence-corrected chi connectivity index (χ0v) is 31.2. The number of hydrogen-bond donors (Lipinski definition) is 3. The van der Waals surface area contributed by atoms with Gasteiger partial charge < -0.3 is 35.4 Å². The largest absolute Gasteiger partial charge is 0.459 e. The predicted molar refractivity (Wildman–Crippen MR) is 193 cm³/mol. The molecule has 1 aromatic heterocycles. The van der Waals surface area contributed by atoms with E-state index in [9.17, 15) is 49.0 Å². The summed E-state index contributed by atoms with van der Waals surface area (Å²) < 4.78 is 15.2. The number of thiazole rings is 1. The van der Waals surface area contributed by atoms with E-state index >= 15 is 0 Å². The SMILES string of the molecule is CC(C)(O/N=C(/C(=O)NC1C(=O)N(OCC(=O)OCc2ccc([N+](=O)[O-])cc2)C1COC(N)=O)c1csc(NC(=O)CCl)n1)C(=O)OCc1ccc([N+](=O)[O-])cc1. The van der Waals surface area contributed by atoms with Gasteiger partial charge in [-0.3, -0.25) is 39.4 Å². The van der Waals surface area contributed by atoms with Gasteiger partial charge in [-0.05, 0) is 49.2 Å². The van der Waals surface area contributed by atoms with Crippen LogP contribution in [0.3, 0.4) is 0 Å². The van der Waals surface area contributed by atoms with Gasteiger partial charge in [0.2, 0.25) is 11.5 Å². The Morgan fingerprint density at radius 1 is 0.965 bits per heavy atom. The first-order chi connectivity index (χ1) is 27.0.